The lowest BCUT2D eigenvalue weighted by Crippen LogP contribution is -2.16. The van der Waals surface area contributed by atoms with Crippen LogP contribution in [0.5, 0.6) is 0 Å². The quantitative estimate of drug-likeness (QED) is 0.844. The van der Waals surface area contributed by atoms with Gasteiger partial charge in [0.2, 0.25) is 0 Å². The molecule has 0 radical (unpaired) electrons. The molecule has 2 aliphatic carbocycles. The summed E-state index contributed by atoms with van der Waals surface area (Å²) in [6.07, 6.45) is 5.65. The van der Waals surface area contributed by atoms with E-state index < -0.39 is 0 Å². The van der Waals surface area contributed by atoms with Gasteiger partial charge in [-0.2, -0.15) is 0 Å². The Balaban J connectivity index is 1.76. The van der Waals surface area contributed by atoms with E-state index in [0.717, 1.165) is 17.8 Å². The van der Waals surface area contributed by atoms with Gasteiger partial charge in [-0.15, -0.1) is 0 Å². The topological polar surface area (TPSA) is 26.0 Å². The maximum Gasteiger partial charge on any atom is 0.0337 e. The molecule has 0 saturated heterocycles. The Morgan fingerprint density at radius 3 is 2.45 bits per heavy atom. The van der Waals surface area contributed by atoms with Crippen molar-refractivity contribution in [3.05, 3.63) is 47.5 Å². The average Bonchev–Trinajstić information content (AvgIpc) is 3.21. The molecular formula is C19H23N. The smallest absolute Gasteiger partial charge is 0.0337 e. The second-order valence-corrected chi connectivity index (χ2v) is 6.73. The summed E-state index contributed by atoms with van der Waals surface area (Å²) in [4.78, 5) is 0. The van der Waals surface area contributed by atoms with E-state index in [1.54, 1.807) is 0 Å². The monoisotopic (exact) mass is 265 g/mol. The lowest BCUT2D eigenvalue weighted by Gasteiger charge is -2.18. The van der Waals surface area contributed by atoms with Crippen LogP contribution in [0.25, 0.3) is 10.8 Å². The second kappa shape index (κ2) is 4.60. The van der Waals surface area contributed by atoms with Crippen molar-refractivity contribution in [1.29, 1.82) is 0 Å². The Kier molecular flexibility index (Phi) is 2.85. The average molecular weight is 265 g/mol. The summed E-state index contributed by atoms with van der Waals surface area (Å²) in [5.41, 5.74) is 9.49. The largest absolute Gasteiger partial charge is 0.324 e. The van der Waals surface area contributed by atoms with E-state index in [2.05, 4.69) is 43.3 Å². The van der Waals surface area contributed by atoms with Gasteiger partial charge < -0.3 is 5.73 Å². The zero-order valence-corrected chi connectivity index (χ0v) is 12.2. The lowest BCUT2D eigenvalue weighted by atomic mass is 9.91. The summed E-state index contributed by atoms with van der Waals surface area (Å²) in [5.74, 6) is 2.57. The highest BCUT2D eigenvalue weighted by atomic mass is 14.7. The molecule has 2 N–H and O–H groups in total. The van der Waals surface area contributed by atoms with Gasteiger partial charge in [0.15, 0.2) is 0 Å². The minimum Gasteiger partial charge on any atom is -0.324 e. The van der Waals surface area contributed by atoms with E-state index in [4.69, 9.17) is 5.73 Å². The van der Waals surface area contributed by atoms with E-state index >= 15 is 0 Å². The highest BCUT2D eigenvalue weighted by molar-refractivity contribution is 5.87. The van der Waals surface area contributed by atoms with E-state index in [0.29, 0.717) is 0 Å². The van der Waals surface area contributed by atoms with Crippen molar-refractivity contribution in [3.63, 3.8) is 0 Å². The van der Waals surface area contributed by atoms with Crippen LogP contribution >= 0.6 is 0 Å². The molecule has 3 unspecified atom stereocenters. The molecule has 20 heavy (non-hydrogen) atoms. The molecule has 2 aromatic carbocycles. The van der Waals surface area contributed by atoms with E-state index in [1.165, 1.54) is 47.6 Å². The molecule has 2 fully saturated rings. The normalized spacial score (nSPS) is 30.0. The van der Waals surface area contributed by atoms with Gasteiger partial charge in [-0.05, 0) is 59.4 Å². The number of aryl methyl sites for hydroxylation is 1. The fraction of sp³-hybridized carbons (Fsp3) is 0.474. The van der Waals surface area contributed by atoms with Crippen LogP contribution in [-0.2, 0) is 0 Å². The van der Waals surface area contributed by atoms with Gasteiger partial charge in [0.25, 0.3) is 0 Å². The molecule has 0 spiro atoms. The van der Waals surface area contributed by atoms with Crippen molar-refractivity contribution < 1.29 is 0 Å². The minimum absolute atomic E-state index is 0.231. The number of hydrogen-bond donors (Lipinski definition) is 1. The van der Waals surface area contributed by atoms with Crippen LogP contribution in [0.3, 0.4) is 0 Å². The van der Waals surface area contributed by atoms with Crippen LogP contribution in [0.15, 0.2) is 36.4 Å². The number of fused-ring (bicyclic) bond motifs is 2. The zero-order chi connectivity index (χ0) is 13.7. The molecule has 0 bridgehead atoms. The number of benzene rings is 2. The molecule has 0 heterocycles. The molecule has 2 aromatic rings. The molecular weight excluding hydrogens is 242 g/mol. The molecule has 2 aliphatic rings. The van der Waals surface area contributed by atoms with Crippen LogP contribution in [0.1, 0.15) is 42.9 Å². The van der Waals surface area contributed by atoms with E-state index in [9.17, 15) is 0 Å². The fourth-order valence-corrected chi connectivity index (χ4v) is 4.62. The summed E-state index contributed by atoms with van der Waals surface area (Å²) in [5, 5.41) is 2.69. The van der Waals surface area contributed by atoms with E-state index in [-0.39, 0.29) is 6.04 Å². The van der Waals surface area contributed by atoms with Crippen LogP contribution in [-0.4, -0.2) is 0 Å². The van der Waals surface area contributed by atoms with Crippen molar-refractivity contribution in [2.24, 2.45) is 23.5 Å². The first-order chi connectivity index (χ1) is 9.77. The van der Waals surface area contributed by atoms with Gasteiger partial charge in [-0.25, -0.2) is 0 Å². The predicted octanol–water partition coefficient (Wildman–Crippen LogP) is 4.58. The minimum atomic E-state index is 0.231. The Hall–Kier alpha value is -1.34. The van der Waals surface area contributed by atoms with Crippen LogP contribution in [0, 0.1) is 24.7 Å². The highest BCUT2D eigenvalue weighted by Crippen LogP contribution is 2.60. The standard InChI is InChI=1S/C19H23N/c1-12-10-11-13-6-2-3-7-14(13)17(12)19(20)18-15-8-4-5-9-16(15)18/h2-3,6-7,10-11,15-16,18-19H,4-5,8-9,20H2,1H3. The Bertz CT molecular complexity index is 633. The molecule has 2 saturated carbocycles. The SMILES string of the molecule is Cc1ccc2ccccc2c1C(N)C1C2CCCCC21. The van der Waals surface area contributed by atoms with Crippen molar-refractivity contribution in [2.45, 2.75) is 38.6 Å². The Labute approximate surface area is 121 Å². The van der Waals surface area contributed by atoms with Crippen molar-refractivity contribution in [2.75, 3.05) is 0 Å². The number of rotatable bonds is 2. The highest BCUT2D eigenvalue weighted by Gasteiger charge is 2.53. The fourth-order valence-electron chi connectivity index (χ4n) is 4.62. The third-order valence-electron chi connectivity index (χ3n) is 5.66. The van der Waals surface area contributed by atoms with Gasteiger partial charge in [0.05, 0.1) is 0 Å². The molecule has 1 heteroatoms. The Morgan fingerprint density at radius 2 is 1.70 bits per heavy atom. The number of hydrogen-bond acceptors (Lipinski definition) is 1. The molecule has 3 atom stereocenters. The maximum absolute atomic E-state index is 6.73. The van der Waals surface area contributed by atoms with Crippen LogP contribution in [0.2, 0.25) is 0 Å². The third kappa shape index (κ3) is 1.80. The van der Waals surface area contributed by atoms with Crippen molar-refractivity contribution >= 4 is 10.8 Å². The molecule has 0 amide bonds. The van der Waals surface area contributed by atoms with Crippen LogP contribution in [0.4, 0.5) is 0 Å². The van der Waals surface area contributed by atoms with Crippen molar-refractivity contribution in [3.8, 4) is 0 Å². The maximum atomic E-state index is 6.73. The zero-order valence-electron chi connectivity index (χ0n) is 12.2. The first-order valence-corrected chi connectivity index (χ1v) is 8.01. The van der Waals surface area contributed by atoms with Gasteiger partial charge >= 0.3 is 0 Å². The molecule has 104 valence electrons. The third-order valence-corrected chi connectivity index (χ3v) is 5.66. The second-order valence-electron chi connectivity index (χ2n) is 6.73. The summed E-state index contributed by atoms with van der Waals surface area (Å²) in [6, 6.07) is 13.4. The molecule has 0 aliphatic heterocycles. The molecule has 0 aromatic heterocycles. The van der Waals surface area contributed by atoms with Gasteiger partial charge in [0, 0.05) is 6.04 Å². The summed E-state index contributed by atoms with van der Waals surface area (Å²) >= 11 is 0. The summed E-state index contributed by atoms with van der Waals surface area (Å²) in [6.45, 7) is 2.22. The van der Waals surface area contributed by atoms with Gasteiger partial charge in [-0.3, -0.25) is 0 Å². The molecule has 4 rings (SSSR count). The first-order valence-electron chi connectivity index (χ1n) is 8.01. The number of nitrogens with two attached hydrogens (primary N) is 1. The van der Waals surface area contributed by atoms with Gasteiger partial charge in [-0.1, -0.05) is 49.2 Å². The summed E-state index contributed by atoms with van der Waals surface area (Å²) < 4.78 is 0. The first kappa shape index (κ1) is 12.4. The van der Waals surface area contributed by atoms with E-state index in [1.807, 2.05) is 0 Å². The predicted molar refractivity (Wildman–Crippen MR) is 84.6 cm³/mol. The lowest BCUT2D eigenvalue weighted by molar-refractivity contribution is 0.480. The van der Waals surface area contributed by atoms with Gasteiger partial charge in [0.1, 0.15) is 0 Å². The van der Waals surface area contributed by atoms with Crippen LogP contribution < -0.4 is 5.73 Å². The summed E-state index contributed by atoms with van der Waals surface area (Å²) in [7, 11) is 0. The Morgan fingerprint density at radius 1 is 1.00 bits per heavy atom. The molecule has 1 nitrogen and oxygen atoms in total. The van der Waals surface area contributed by atoms with Crippen molar-refractivity contribution in [1.82, 2.24) is 0 Å².